The third-order valence-corrected chi connectivity index (χ3v) is 10.5. The number of hydrogen-bond donors (Lipinski definition) is 2. The molecule has 1 aromatic carbocycles. The number of piperidine rings is 1. The molecule has 1 atom stereocenters. The molecule has 3 amide bonds. The standard InChI is InChI=1S/C38H62N4O7.ClH/c1-4-7-22-42-35(44)33(30-37(46)17-9-8-10-18-37)39-36(45)38(42)19-23-40(24-20-38)21-11-12-27-49-32-15-13-31(14-16-32)34(43)41(25-28-47-5-2)26-29-48-6-3;/h13-16,33,46H,4-12,17-30H2,1-3H3,(H,39,45);1H/t33-;/m1./s1. The lowest BCUT2D eigenvalue weighted by molar-refractivity contribution is -0.163. The predicted octanol–water partition coefficient (Wildman–Crippen LogP) is 4.83. The third kappa shape index (κ3) is 11.5. The van der Waals surface area contributed by atoms with Gasteiger partial charge in [-0.2, -0.15) is 0 Å². The van der Waals surface area contributed by atoms with Gasteiger partial charge in [0.25, 0.3) is 5.91 Å². The van der Waals surface area contributed by atoms with E-state index in [1.807, 2.05) is 43.0 Å². The Hall–Kier alpha value is -2.44. The Morgan fingerprint density at radius 3 is 2.12 bits per heavy atom. The van der Waals surface area contributed by atoms with Crippen molar-refractivity contribution >= 4 is 30.1 Å². The van der Waals surface area contributed by atoms with E-state index in [4.69, 9.17) is 14.2 Å². The maximum absolute atomic E-state index is 13.8. The van der Waals surface area contributed by atoms with Crippen LogP contribution in [0.3, 0.4) is 0 Å². The number of carbonyl (C=O) groups excluding carboxylic acids is 3. The van der Waals surface area contributed by atoms with Crippen molar-refractivity contribution in [1.82, 2.24) is 20.0 Å². The lowest BCUT2D eigenvalue weighted by Gasteiger charge is -2.52. The van der Waals surface area contributed by atoms with E-state index in [1.165, 1.54) is 0 Å². The fourth-order valence-corrected chi connectivity index (χ4v) is 7.55. The Bertz CT molecular complexity index is 1160. The number of benzene rings is 1. The molecule has 2 saturated heterocycles. The summed E-state index contributed by atoms with van der Waals surface area (Å²) in [5.74, 6) is 0.629. The fraction of sp³-hybridized carbons (Fsp3) is 0.763. The zero-order valence-electron chi connectivity index (χ0n) is 30.8. The first-order valence-electron chi connectivity index (χ1n) is 19.0. The first-order valence-corrected chi connectivity index (χ1v) is 19.0. The lowest BCUT2D eigenvalue weighted by atomic mass is 9.77. The highest BCUT2D eigenvalue weighted by atomic mass is 35.5. The number of nitrogens with zero attached hydrogens (tertiary/aromatic N) is 3. The van der Waals surface area contributed by atoms with Crippen molar-refractivity contribution < 1.29 is 33.7 Å². The van der Waals surface area contributed by atoms with Crippen LogP contribution in [0.1, 0.15) is 108 Å². The molecule has 2 N–H and O–H groups in total. The van der Waals surface area contributed by atoms with Gasteiger partial charge in [-0.1, -0.05) is 32.6 Å². The molecule has 11 nitrogen and oxygen atoms in total. The van der Waals surface area contributed by atoms with Gasteiger partial charge in [0.1, 0.15) is 17.3 Å². The van der Waals surface area contributed by atoms with Crippen LogP contribution in [0.15, 0.2) is 24.3 Å². The van der Waals surface area contributed by atoms with Crippen molar-refractivity contribution in [2.24, 2.45) is 0 Å². The summed E-state index contributed by atoms with van der Waals surface area (Å²) in [5, 5.41) is 14.2. The largest absolute Gasteiger partial charge is 0.494 e. The highest BCUT2D eigenvalue weighted by Crippen LogP contribution is 2.37. The molecule has 50 heavy (non-hydrogen) atoms. The highest BCUT2D eigenvalue weighted by molar-refractivity contribution is 6.00. The molecule has 0 aromatic heterocycles. The Labute approximate surface area is 306 Å². The Morgan fingerprint density at radius 2 is 1.52 bits per heavy atom. The maximum atomic E-state index is 13.8. The number of unbranched alkanes of at least 4 members (excludes halogenated alkanes) is 2. The van der Waals surface area contributed by atoms with E-state index in [2.05, 4.69) is 17.1 Å². The number of hydrogen-bond acceptors (Lipinski definition) is 8. The van der Waals surface area contributed by atoms with Crippen LogP contribution in [0.4, 0.5) is 0 Å². The van der Waals surface area contributed by atoms with Gasteiger partial charge in [-0.3, -0.25) is 14.4 Å². The Kier molecular flexibility index (Phi) is 17.8. The molecule has 2 heterocycles. The second-order valence-corrected chi connectivity index (χ2v) is 14.0. The topological polar surface area (TPSA) is 121 Å². The number of rotatable bonds is 20. The minimum Gasteiger partial charge on any atom is -0.494 e. The van der Waals surface area contributed by atoms with E-state index in [9.17, 15) is 19.5 Å². The maximum Gasteiger partial charge on any atom is 0.254 e. The number of likely N-dealkylation sites (tertiary alicyclic amines) is 1. The van der Waals surface area contributed by atoms with Gasteiger partial charge in [0.15, 0.2) is 0 Å². The molecule has 1 saturated carbocycles. The number of aliphatic hydroxyl groups is 1. The average Bonchev–Trinajstić information content (AvgIpc) is 3.11. The molecule has 0 unspecified atom stereocenters. The normalized spacial score (nSPS) is 20.3. The van der Waals surface area contributed by atoms with Gasteiger partial charge >= 0.3 is 0 Å². The summed E-state index contributed by atoms with van der Waals surface area (Å²) in [7, 11) is 0. The van der Waals surface area contributed by atoms with Gasteiger partial charge in [-0.05, 0) is 89.6 Å². The van der Waals surface area contributed by atoms with Gasteiger partial charge in [0.05, 0.1) is 25.4 Å². The van der Waals surface area contributed by atoms with E-state index in [1.54, 1.807) is 4.90 Å². The monoisotopic (exact) mass is 722 g/mol. The van der Waals surface area contributed by atoms with Crippen LogP contribution in [-0.2, 0) is 19.1 Å². The summed E-state index contributed by atoms with van der Waals surface area (Å²) >= 11 is 0. The molecule has 3 aliphatic rings. The van der Waals surface area contributed by atoms with Gasteiger partial charge < -0.3 is 39.3 Å². The number of piperazine rings is 1. The van der Waals surface area contributed by atoms with Crippen LogP contribution >= 0.6 is 12.4 Å². The second kappa shape index (κ2) is 21.2. The fourth-order valence-electron chi connectivity index (χ4n) is 7.55. The summed E-state index contributed by atoms with van der Waals surface area (Å²) < 4.78 is 16.9. The molecule has 1 aromatic rings. The first-order chi connectivity index (χ1) is 23.7. The SMILES string of the molecule is CCCCN1C(=O)[C@@H](CC2(O)CCCCC2)NC(=O)C12CCN(CCCCOc1ccc(C(=O)N(CCOCC)CCOCC)cc1)CC2.Cl. The molecule has 12 heteroatoms. The molecule has 1 spiro atoms. The minimum atomic E-state index is -0.863. The van der Waals surface area contributed by atoms with Gasteiger partial charge in [-0.25, -0.2) is 0 Å². The molecule has 1 aliphatic carbocycles. The average molecular weight is 723 g/mol. The van der Waals surface area contributed by atoms with Crippen LogP contribution in [0.25, 0.3) is 0 Å². The van der Waals surface area contributed by atoms with Crippen molar-refractivity contribution in [3.63, 3.8) is 0 Å². The van der Waals surface area contributed by atoms with E-state index in [-0.39, 0.29) is 30.1 Å². The molecular weight excluding hydrogens is 660 g/mol. The number of carbonyl (C=O) groups is 3. The molecule has 0 bridgehead atoms. The number of amides is 3. The summed E-state index contributed by atoms with van der Waals surface area (Å²) in [5.41, 5.74) is -1.05. The molecule has 3 fully saturated rings. The van der Waals surface area contributed by atoms with E-state index >= 15 is 0 Å². The Morgan fingerprint density at radius 1 is 0.880 bits per heavy atom. The lowest BCUT2D eigenvalue weighted by Crippen LogP contribution is -2.73. The van der Waals surface area contributed by atoms with Gasteiger partial charge in [0, 0.05) is 57.9 Å². The summed E-state index contributed by atoms with van der Waals surface area (Å²) in [6, 6.07) is 6.68. The highest BCUT2D eigenvalue weighted by Gasteiger charge is 2.54. The van der Waals surface area contributed by atoms with E-state index < -0.39 is 17.2 Å². The second-order valence-electron chi connectivity index (χ2n) is 14.0. The molecule has 2 aliphatic heterocycles. The van der Waals surface area contributed by atoms with Crippen molar-refractivity contribution in [2.75, 3.05) is 72.3 Å². The van der Waals surface area contributed by atoms with E-state index in [0.29, 0.717) is 90.3 Å². The number of nitrogens with one attached hydrogen (secondary N) is 1. The van der Waals surface area contributed by atoms with Crippen LogP contribution in [-0.4, -0.2) is 127 Å². The van der Waals surface area contributed by atoms with Crippen molar-refractivity contribution in [3.05, 3.63) is 29.8 Å². The van der Waals surface area contributed by atoms with Gasteiger partial charge in [0.2, 0.25) is 11.8 Å². The molecule has 284 valence electrons. The Balaban J connectivity index is 0.00000676. The molecular formula is C38H63ClN4O7. The quantitative estimate of drug-likeness (QED) is 0.184. The van der Waals surface area contributed by atoms with Gasteiger partial charge in [-0.15, -0.1) is 12.4 Å². The smallest absolute Gasteiger partial charge is 0.254 e. The first kappa shape index (κ1) is 42.0. The van der Waals surface area contributed by atoms with Crippen LogP contribution in [0, 0.1) is 0 Å². The minimum absolute atomic E-state index is 0. The zero-order chi connectivity index (χ0) is 35.1. The van der Waals surface area contributed by atoms with Crippen LogP contribution < -0.4 is 10.1 Å². The van der Waals surface area contributed by atoms with E-state index in [0.717, 1.165) is 70.3 Å². The number of ether oxygens (including phenoxy) is 3. The number of halogens is 1. The van der Waals surface area contributed by atoms with Crippen LogP contribution in [0.2, 0.25) is 0 Å². The van der Waals surface area contributed by atoms with Crippen molar-refractivity contribution in [3.8, 4) is 5.75 Å². The van der Waals surface area contributed by atoms with Crippen molar-refractivity contribution in [1.29, 1.82) is 0 Å². The van der Waals surface area contributed by atoms with Crippen molar-refractivity contribution in [2.45, 2.75) is 115 Å². The third-order valence-electron chi connectivity index (χ3n) is 10.5. The summed E-state index contributed by atoms with van der Waals surface area (Å²) in [6.45, 7) is 12.8. The zero-order valence-corrected chi connectivity index (χ0v) is 31.6. The summed E-state index contributed by atoms with van der Waals surface area (Å²) in [4.78, 5) is 46.7. The molecule has 4 rings (SSSR count). The predicted molar refractivity (Wildman–Crippen MR) is 197 cm³/mol. The molecule has 0 radical (unpaired) electrons. The summed E-state index contributed by atoms with van der Waals surface area (Å²) in [6.07, 6.45) is 9.68. The van der Waals surface area contributed by atoms with Crippen LogP contribution in [0.5, 0.6) is 5.75 Å².